The van der Waals surface area contributed by atoms with Gasteiger partial charge in [-0.25, -0.2) is 4.31 Å². The lowest BCUT2D eigenvalue weighted by atomic mass is 10.1. The fourth-order valence-corrected chi connectivity index (χ4v) is 5.64. The van der Waals surface area contributed by atoms with Gasteiger partial charge in [-0.05, 0) is 49.6 Å². The van der Waals surface area contributed by atoms with Crippen molar-refractivity contribution in [1.29, 1.82) is 0 Å². The highest BCUT2D eigenvalue weighted by molar-refractivity contribution is 7.90. The molecule has 2 aromatic carbocycles. The fraction of sp³-hybridized carbons (Fsp3) is 0.440. The Kier molecular flexibility index (Phi) is 9.63. The quantitative estimate of drug-likeness (QED) is 0.479. The third kappa shape index (κ3) is 6.91. The third-order valence-corrected chi connectivity index (χ3v) is 8.69. The van der Waals surface area contributed by atoms with Crippen LogP contribution in [0.2, 0.25) is 10.0 Å². The highest BCUT2D eigenvalue weighted by Crippen LogP contribution is 2.25. The minimum Gasteiger partial charge on any atom is -0.352 e. The van der Waals surface area contributed by atoms with Crippen LogP contribution in [0.4, 0.5) is 5.69 Å². The van der Waals surface area contributed by atoms with Gasteiger partial charge in [0.15, 0.2) is 0 Å². The number of hydrogen-bond acceptors (Lipinski definition) is 4. The van der Waals surface area contributed by atoms with E-state index in [2.05, 4.69) is 5.32 Å². The van der Waals surface area contributed by atoms with E-state index in [1.807, 2.05) is 0 Å². The lowest BCUT2D eigenvalue weighted by molar-refractivity contribution is -0.139. The first kappa shape index (κ1) is 28.2. The summed E-state index contributed by atoms with van der Waals surface area (Å²) in [7, 11) is -1.19. The zero-order valence-electron chi connectivity index (χ0n) is 20.7. The Morgan fingerprint density at radius 1 is 1.06 bits per heavy atom. The van der Waals surface area contributed by atoms with Gasteiger partial charge in [0.25, 0.3) is 0 Å². The molecule has 0 aliphatic heterocycles. The van der Waals surface area contributed by atoms with Gasteiger partial charge in [0.2, 0.25) is 11.8 Å². The zero-order valence-corrected chi connectivity index (χ0v) is 23.0. The van der Waals surface area contributed by atoms with E-state index in [1.54, 1.807) is 55.5 Å². The second-order valence-electron chi connectivity index (χ2n) is 9.06. The van der Waals surface area contributed by atoms with Gasteiger partial charge >= 0.3 is 10.2 Å². The molecule has 11 heteroatoms. The van der Waals surface area contributed by atoms with Crippen molar-refractivity contribution in [2.45, 2.75) is 51.2 Å². The molecule has 0 heterocycles. The zero-order chi connectivity index (χ0) is 26.5. The lowest BCUT2D eigenvalue weighted by Crippen LogP contribution is -2.53. The maximum Gasteiger partial charge on any atom is 0.304 e. The van der Waals surface area contributed by atoms with Crippen molar-refractivity contribution in [2.75, 3.05) is 24.9 Å². The van der Waals surface area contributed by atoms with Crippen LogP contribution in [0.25, 0.3) is 0 Å². The van der Waals surface area contributed by atoms with Crippen molar-refractivity contribution < 1.29 is 18.0 Å². The molecule has 1 aliphatic carbocycles. The summed E-state index contributed by atoms with van der Waals surface area (Å²) in [5, 5.41) is 3.83. The Balaban J connectivity index is 1.93. The van der Waals surface area contributed by atoms with Crippen LogP contribution in [0.15, 0.2) is 48.5 Å². The van der Waals surface area contributed by atoms with Gasteiger partial charge in [0.05, 0.1) is 5.69 Å². The second-order valence-corrected chi connectivity index (χ2v) is 12.0. The average molecular weight is 556 g/mol. The monoisotopic (exact) mass is 554 g/mol. The summed E-state index contributed by atoms with van der Waals surface area (Å²) in [5.74, 6) is -0.827. The van der Waals surface area contributed by atoms with E-state index in [0.29, 0.717) is 21.3 Å². The van der Waals surface area contributed by atoms with Crippen LogP contribution in [-0.4, -0.2) is 62.2 Å². The van der Waals surface area contributed by atoms with Crippen molar-refractivity contribution in [3.05, 3.63) is 64.1 Å². The number of benzene rings is 2. The summed E-state index contributed by atoms with van der Waals surface area (Å²) < 4.78 is 28.4. The smallest absolute Gasteiger partial charge is 0.304 e. The minimum atomic E-state index is -4.00. The van der Waals surface area contributed by atoms with Crippen LogP contribution in [0.5, 0.6) is 0 Å². The van der Waals surface area contributed by atoms with Crippen molar-refractivity contribution in [3.8, 4) is 0 Å². The molecule has 2 amide bonds. The molecule has 0 spiro atoms. The van der Waals surface area contributed by atoms with Crippen molar-refractivity contribution in [1.82, 2.24) is 14.5 Å². The van der Waals surface area contributed by atoms with E-state index in [0.717, 1.165) is 34.3 Å². The predicted molar refractivity (Wildman–Crippen MR) is 143 cm³/mol. The molecular weight excluding hydrogens is 523 g/mol. The van der Waals surface area contributed by atoms with Crippen LogP contribution in [0, 0.1) is 0 Å². The molecule has 0 bridgehead atoms. The number of carbonyl (C=O) groups excluding carboxylic acids is 2. The van der Waals surface area contributed by atoms with Crippen LogP contribution in [-0.2, 0) is 26.3 Å². The molecule has 0 saturated heterocycles. The number of halogens is 2. The summed E-state index contributed by atoms with van der Waals surface area (Å²) in [6.07, 6.45) is 3.91. The number of para-hydroxylation sites is 1. The molecule has 196 valence electrons. The molecule has 1 atom stereocenters. The van der Waals surface area contributed by atoms with Gasteiger partial charge in [-0.15, -0.1) is 0 Å². The Bertz CT molecular complexity index is 1170. The van der Waals surface area contributed by atoms with E-state index >= 15 is 0 Å². The summed E-state index contributed by atoms with van der Waals surface area (Å²) in [4.78, 5) is 28.2. The molecule has 36 heavy (non-hydrogen) atoms. The normalized spacial score (nSPS) is 15.1. The summed E-state index contributed by atoms with van der Waals surface area (Å²) >= 11 is 12.4. The van der Waals surface area contributed by atoms with Gasteiger partial charge in [0.1, 0.15) is 12.6 Å². The first-order valence-electron chi connectivity index (χ1n) is 11.8. The van der Waals surface area contributed by atoms with E-state index < -0.39 is 28.7 Å². The first-order chi connectivity index (χ1) is 17.0. The van der Waals surface area contributed by atoms with Crippen molar-refractivity contribution in [3.63, 3.8) is 0 Å². The second kappa shape index (κ2) is 12.3. The molecule has 0 aromatic heterocycles. The predicted octanol–water partition coefficient (Wildman–Crippen LogP) is 4.08. The first-order valence-corrected chi connectivity index (χ1v) is 13.9. The van der Waals surface area contributed by atoms with E-state index in [4.69, 9.17) is 23.2 Å². The Hall–Kier alpha value is -2.33. The van der Waals surface area contributed by atoms with E-state index in [-0.39, 0.29) is 18.5 Å². The Morgan fingerprint density at radius 2 is 1.69 bits per heavy atom. The van der Waals surface area contributed by atoms with Crippen LogP contribution >= 0.6 is 23.2 Å². The molecule has 2 aromatic rings. The molecule has 0 unspecified atom stereocenters. The number of nitrogens with one attached hydrogen (secondary N) is 1. The minimum absolute atomic E-state index is 0.0126. The van der Waals surface area contributed by atoms with Gasteiger partial charge < -0.3 is 10.2 Å². The highest BCUT2D eigenvalue weighted by Gasteiger charge is 2.33. The third-order valence-electron chi connectivity index (χ3n) is 6.29. The molecule has 1 saturated carbocycles. The maximum absolute atomic E-state index is 13.7. The van der Waals surface area contributed by atoms with Crippen LogP contribution < -0.4 is 9.62 Å². The lowest BCUT2D eigenvalue weighted by Gasteiger charge is -2.33. The molecule has 3 rings (SSSR count). The number of hydrogen-bond donors (Lipinski definition) is 1. The van der Waals surface area contributed by atoms with Gasteiger partial charge in [-0.1, -0.05) is 60.3 Å². The number of anilines is 1. The van der Waals surface area contributed by atoms with E-state index in [9.17, 15) is 18.0 Å². The molecule has 0 radical (unpaired) electrons. The fourth-order valence-electron chi connectivity index (χ4n) is 4.12. The highest BCUT2D eigenvalue weighted by atomic mass is 35.5. The maximum atomic E-state index is 13.7. The molecule has 8 nitrogen and oxygen atoms in total. The molecule has 1 aliphatic rings. The molecule has 1 fully saturated rings. The number of rotatable bonds is 10. The van der Waals surface area contributed by atoms with Gasteiger partial charge in [0, 0.05) is 36.7 Å². The molecule has 1 N–H and O–H groups in total. The Morgan fingerprint density at radius 3 is 2.28 bits per heavy atom. The van der Waals surface area contributed by atoms with Gasteiger partial charge in [-0.2, -0.15) is 12.7 Å². The standard InChI is InChI=1S/C25H32Cl2N4O4S/c1-18(25(33)28-21-9-7-8-10-21)30(16-19-13-14-20(26)15-23(19)27)24(32)17-31(36(34,35)29(2)3)22-11-5-4-6-12-22/h4-6,11-15,18,21H,7-10,16-17H2,1-3H3,(H,28,33)/t18-/m0/s1. The largest absolute Gasteiger partial charge is 0.352 e. The summed E-state index contributed by atoms with van der Waals surface area (Å²) in [6, 6.07) is 12.5. The topological polar surface area (TPSA) is 90.0 Å². The van der Waals surface area contributed by atoms with Gasteiger partial charge in [-0.3, -0.25) is 9.59 Å². The summed E-state index contributed by atoms with van der Waals surface area (Å²) in [5.41, 5.74) is 0.934. The van der Waals surface area contributed by atoms with Crippen LogP contribution in [0.3, 0.4) is 0 Å². The Labute approximate surface area is 223 Å². The van der Waals surface area contributed by atoms with Crippen LogP contribution in [0.1, 0.15) is 38.2 Å². The number of carbonyl (C=O) groups is 2. The number of nitrogens with zero attached hydrogens (tertiary/aromatic N) is 3. The SMILES string of the molecule is C[C@@H](C(=O)NC1CCCC1)N(Cc1ccc(Cl)cc1Cl)C(=O)CN(c1ccccc1)S(=O)(=O)N(C)C. The van der Waals surface area contributed by atoms with Crippen molar-refractivity contribution >= 4 is 50.9 Å². The number of amides is 2. The molecular formula is C25H32Cl2N4O4S. The van der Waals surface area contributed by atoms with E-state index in [1.165, 1.54) is 19.0 Å². The average Bonchev–Trinajstić information content (AvgIpc) is 3.35. The summed E-state index contributed by atoms with van der Waals surface area (Å²) in [6.45, 7) is 1.16. The van der Waals surface area contributed by atoms with Crippen molar-refractivity contribution in [2.24, 2.45) is 0 Å².